The summed E-state index contributed by atoms with van der Waals surface area (Å²) in [4.78, 5) is 0. The van der Waals surface area contributed by atoms with E-state index in [0.717, 1.165) is 10.0 Å². The Labute approximate surface area is 119 Å². The van der Waals surface area contributed by atoms with E-state index in [9.17, 15) is 8.78 Å². The van der Waals surface area contributed by atoms with Gasteiger partial charge in [-0.1, -0.05) is 40.2 Å². The Morgan fingerprint density at radius 3 is 2.47 bits per heavy atom. The molecule has 0 bridgehead atoms. The molecule has 0 aliphatic heterocycles. The largest absolute Gasteiger partial charge is 0.309 e. The zero-order chi connectivity index (χ0) is 14.0. The minimum Gasteiger partial charge on any atom is -0.309 e. The Kier molecular flexibility index (Phi) is 4.32. The van der Waals surface area contributed by atoms with Crippen LogP contribution in [0.3, 0.4) is 0 Å². The number of hydrogen-bond acceptors (Lipinski definition) is 1. The summed E-state index contributed by atoms with van der Waals surface area (Å²) in [5, 5.41) is 3.02. The molecule has 100 valence electrons. The van der Waals surface area contributed by atoms with Gasteiger partial charge in [0.05, 0.1) is 6.04 Å². The molecule has 0 radical (unpaired) electrons. The summed E-state index contributed by atoms with van der Waals surface area (Å²) in [6.45, 7) is 1.55. The van der Waals surface area contributed by atoms with Crippen molar-refractivity contribution in [1.29, 1.82) is 0 Å². The molecule has 2 rings (SSSR count). The van der Waals surface area contributed by atoms with Crippen molar-refractivity contribution in [2.24, 2.45) is 0 Å². The summed E-state index contributed by atoms with van der Waals surface area (Å²) >= 11 is 3.38. The number of benzene rings is 2. The summed E-state index contributed by atoms with van der Waals surface area (Å²) in [6, 6.07) is 10.4. The van der Waals surface area contributed by atoms with Crippen LogP contribution < -0.4 is 5.32 Å². The zero-order valence-electron chi connectivity index (χ0n) is 10.7. The maximum absolute atomic E-state index is 14.1. The van der Waals surface area contributed by atoms with Gasteiger partial charge in [-0.15, -0.1) is 0 Å². The summed E-state index contributed by atoms with van der Waals surface area (Å²) in [7, 11) is 1.72. The topological polar surface area (TPSA) is 12.0 Å². The van der Waals surface area contributed by atoms with Crippen LogP contribution in [0.5, 0.6) is 0 Å². The van der Waals surface area contributed by atoms with Gasteiger partial charge in [0, 0.05) is 10.0 Å². The minimum atomic E-state index is -0.792. The molecule has 2 aromatic carbocycles. The smallest absolute Gasteiger partial charge is 0.164 e. The van der Waals surface area contributed by atoms with Crippen molar-refractivity contribution >= 4 is 15.9 Å². The van der Waals surface area contributed by atoms with Crippen LogP contribution in [-0.4, -0.2) is 7.05 Å². The van der Waals surface area contributed by atoms with Crippen molar-refractivity contribution in [2.75, 3.05) is 7.05 Å². The Morgan fingerprint density at radius 1 is 1.11 bits per heavy atom. The van der Waals surface area contributed by atoms with Gasteiger partial charge in [-0.25, -0.2) is 8.78 Å². The van der Waals surface area contributed by atoms with E-state index in [1.165, 1.54) is 0 Å². The zero-order valence-corrected chi connectivity index (χ0v) is 12.3. The van der Waals surface area contributed by atoms with E-state index >= 15 is 0 Å². The average Bonchev–Trinajstić information content (AvgIpc) is 2.40. The van der Waals surface area contributed by atoms with Crippen LogP contribution in [0.15, 0.2) is 40.9 Å². The minimum absolute atomic E-state index is 0.309. The van der Waals surface area contributed by atoms with Gasteiger partial charge < -0.3 is 5.32 Å². The molecule has 0 fully saturated rings. The van der Waals surface area contributed by atoms with Crippen molar-refractivity contribution < 1.29 is 8.78 Å². The molecule has 0 aliphatic carbocycles. The first kappa shape index (κ1) is 14.2. The lowest BCUT2D eigenvalue weighted by Crippen LogP contribution is -2.19. The van der Waals surface area contributed by atoms with Gasteiger partial charge in [0.15, 0.2) is 11.6 Å². The fourth-order valence-electron chi connectivity index (χ4n) is 2.07. The molecule has 1 atom stereocenters. The summed E-state index contributed by atoms with van der Waals surface area (Å²) < 4.78 is 28.6. The van der Waals surface area contributed by atoms with E-state index in [1.54, 1.807) is 26.1 Å². The Balaban J connectivity index is 2.51. The Morgan fingerprint density at radius 2 is 1.84 bits per heavy atom. The summed E-state index contributed by atoms with van der Waals surface area (Å²) in [5.74, 6) is -1.58. The molecule has 2 aromatic rings. The van der Waals surface area contributed by atoms with Crippen molar-refractivity contribution in [2.45, 2.75) is 13.0 Å². The van der Waals surface area contributed by atoms with E-state index in [4.69, 9.17) is 0 Å². The average molecular weight is 326 g/mol. The van der Waals surface area contributed by atoms with E-state index < -0.39 is 11.6 Å². The van der Waals surface area contributed by atoms with Gasteiger partial charge in [-0.2, -0.15) is 0 Å². The second-order valence-corrected chi connectivity index (χ2v) is 5.29. The maximum Gasteiger partial charge on any atom is 0.164 e. The van der Waals surface area contributed by atoms with Gasteiger partial charge in [-0.05, 0) is 37.2 Å². The molecule has 1 unspecified atom stereocenters. The molecule has 0 spiro atoms. The van der Waals surface area contributed by atoms with Crippen molar-refractivity contribution in [3.05, 3.63) is 69.2 Å². The van der Waals surface area contributed by atoms with Crippen LogP contribution in [0.25, 0.3) is 0 Å². The third-order valence-electron chi connectivity index (χ3n) is 3.09. The molecule has 0 saturated carbocycles. The van der Waals surface area contributed by atoms with Crippen molar-refractivity contribution in [3.8, 4) is 0 Å². The molecule has 0 amide bonds. The van der Waals surface area contributed by atoms with Gasteiger partial charge in [0.1, 0.15) is 0 Å². The quantitative estimate of drug-likeness (QED) is 0.884. The second-order valence-electron chi connectivity index (χ2n) is 4.38. The lowest BCUT2D eigenvalue weighted by molar-refractivity contribution is 0.482. The monoisotopic (exact) mass is 325 g/mol. The molecule has 0 heterocycles. The number of halogens is 3. The van der Waals surface area contributed by atoms with Crippen LogP contribution in [0.1, 0.15) is 22.7 Å². The number of rotatable bonds is 3. The summed E-state index contributed by atoms with van der Waals surface area (Å²) in [6.07, 6.45) is 0. The highest BCUT2D eigenvalue weighted by Crippen LogP contribution is 2.28. The molecule has 0 aliphatic rings. The van der Waals surface area contributed by atoms with Gasteiger partial charge in [-0.3, -0.25) is 0 Å². The molecular weight excluding hydrogens is 312 g/mol. The summed E-state index contributed by atoms with van der Waals surface area (Å²) in [5.41, 5.74) is 1.49. The maximum atomic E-state index is 14.1. The fourth-order valence-corrected chi connectivity index (χ4v) is 2.49. The number of nitrogens with one attached hydrogen (secondary N) is 1. The number of aryl methyl sites for hydroxylation is 1. The highest BCUT2D eigenvalue weighted by Gasteiger charge is 2.19. The van der Waals surface area contributed by atoms with Gasteiger partial charge in [0.2, 0.25) is 0 Å². The van der Waals surface area contributed by atoms with Crippen LogP contribution in [-0.2, 0) is 0 Å². The van der Waals surface area contributed by atoms with E-state index in [-0.39, 0.29) is 6.04 Å². The second kappa shape index (κ2) is 5.80. The van der Waals surface area contributed by atoms with E-state index in [2.05, 4.69) is 21.2 Å². The predicted octanol–water partition coefficient (Wildman–Crippen LogP) is 4.34. The SMILES string of the molecule is CNC(c1cccc(Br)c1)c1ccc(C)c(F)c1F. The van der Waals surface area contributed by atoms with Gasteiger partial charge >= 0.3 is 0 Å². The molecule has 1 N–H and O–H groups in total. The molecule has 19 heavy (non-hydrogen) atoms. The van der Waals surface area contributed by atoms with Gasteiger partial charge in [0.25, 0.3) is 0 Å². The molecule has 4 heteroatoms. The first-order valence-corrected chi connectivity index (χ1v) is 6.71. The first-order valence-electron chi connectivity index (χ1n) is 5.92. The predicted molar refractivity (Wildman–Crippen MR) is 76.1 cm³/mol. The van der Waals surface area contributed by atoms with Crippen LogP contribution in [0.4, 0.5) is 8.78 Å². The van der Waals surface area contributed by atoms with Crippen LogP contribution in [0.2, 0.25) is 0 Å². The van der Waals surface area contributed by atoms with Crippen molar-refractivity contribution in [1.82, 2.24) is 5.32 Å². The Hall–Kier alpha value is -1.26. The first-order chi connectivity index (χ1) is 9.04. The molecule has 1 nitrogen and oxygen atoms in total. The molecular formula is C15H14BrF2N. The standard InChI is InChI=1S/C15H14BrF2N/c1-9-6-7-12(14(18)13(9)17)15(19-2)10-4-3-5-11(16)8-10/h3-8,15,19H,1-2H3. The fraction of sp³-hybridized carbons (Fsp3) is 0.200. The third-order valence-corrected chi connectivity index (χ3v) is 3.58. The van der Waals surface area contributed by atoms with Crippen LogP contribution in [0, 0.1) is 18.6 Å². The Bertz CT molecular complexity index is 599. The molecule has 0 aromatic heterocycles. The normalized spacial score (nSPS) is 12.5. The van der Waals surface area contributed by atoms with Crippen LogP contribution >= 0.6 is 15.9 Å². The highest BCUT2D eigenvalue weighted by molar-refractivity contribution is 9.10. The van der Waals surface area contributed by atoms with E-state index in [0.29, 0.717) is 11.1 Å². The lowest BCUT2D eigenvalue weighted by Gasteiger charge is -2.19. The lowest BCUT2D eigenvalue weighted by atomic mass is 9.97. The highest BCUT2D eigenvalue weighted by atomic mass is 79.9. The van der Waals surface area contributed by atoms with Crippen molar-refractivity contribution in [3.63, 3.8) is 0 Å². The molecule has 0 saturated heterocycles. The number of hydrogen-bond donors (Lipinski definition) is 1. The third kappa shape index (κ3) is 2.85. The van der Waals surface area contributed by atoms with E-state index in [1.807, 2.05) is 24.3 Å².